The fourth-order valence-corrected chi connectivity index (χ4v) is 3.17. The lowest BCUT2D eigenvalue weighted by Gasteiger charge is -2.19. The predicted molar refractivity (Wildman–Crippen MR) is 87.4 cm³/mol. The standard InChI is InChI=1S/C14H15Cl2N2O3P/c1-2-20-22(19,21-13-6-4-12(15)5-7-13)18-10-11-3-8-14(16)17-9-11/h3-9H,2,10H2,1H3,(H,18,19). The molecule has 2 rings (SSSR count). The van der Waals surface area contributed by atoms with E-state index < -0.39 is 7.75 Å². The van der Waals surface area contributed by atoms with Gasteiger partial charge in [0, 0.05) is 17.8 Å². The molecule has 1 heterocycles. The Morgan fingerprint density at radius 2 is 1.91 bits per heavy atom. The molecule has 1 aromatic heterocycles. The van der Waals surface area contributed by atoms with Crippen LogP contribution in [0, 0.1) is 0 Å². The molecule has 1 N–H and O–H groups in total. The summed E-state index contributed by atoms with van der Waals surface area (Å²) in [5, 5.41) is 3.76. The largest absolute Gasteiger partial charge is 0.459 e. The molecule has 0 spiro atoms. The van der Waals surface area contributed by atoms with Gasteiger partial charge in [0.25, 0.3) is 0 Å². The van der Waals surface area contributed by atoms with Crippen LogP contribution in [0.4, 0.5) is 0 Å². The van der Waals surface area contributed by atoms with Gasteiger partial charge in [0.15, 0.2) is 0 Å². The number of hydrogen-bond acceptors (Lipinski definition) is 4. The van der Waals surface area contributed by atoms with Crippen molar-refractivity contribution in [2.45, 2.75) is 13.5 Å². The monoisotopic (exact) mass is 360 g/mol. The highest BCUT2D eigenvalue weighted by atomic mass is 35.5. The van der Waals surface area contributed by atoms with Crippen LogP contribution in [-0.4, -0.2) is 11.6 Å². The molecule has 0 radical (unpaired) electrons. The summed E-state index contributed by atoms with van der Waals surface area (Å²) in [5.74, 6) is 0.405. The van der Waals surface area contributed by atoms with Crippen LogP contribution in [-0.2, 0) is 15.6 Å². The van der Waals surface area contributed by atoms with E-state index in [1.54, 1.807) is 49.5 Å². The average Bonchev–Trinajstić information content (AvgIpc) is 2.49. The van der Waals surface area contributed by atoms with Gasteiger partial charge in [-0.05, 0) is 42.8 Å². The first-order chi connectivity index (χ1) is 10.5. The van der Waals surface area contributed by atoms with E-state index in [1.807, 2.05) is 0 Å². The maximum atomic E-state index is 12.7. The summed E-state index contributed by atoms with van der Waals surface area (Å²) in [6, 6.07) is 9.98. The Balaban J connectivity index is 2.05. The molecule has 1 atom stereocenters. The van der Waals surface area contributed by atoms with Crippen molar-refractivity contribution in [2.24, 2.45) is 0 Å². The molecule has 8 heteroatoms. The van der Waals surface area contributed by atoms with Gasteiger partial charge >= 0.3 is 7.75 Å². The van der Waals surface area contributed by atoms with Crippen LogP contribution in [0.3, 0.4) is 0 Å². The van der Waals surface area contributed by atoms with Crippen LogP contribution in [0.25, 0.3) is 0 Å². The molecule has 22 heavy (non-hydrogen) atoms. The maximum Gasteiger partial charge on any atom is 0.459 e. The summed E-state index contributed by atoms with van der Waals surface area (Å²) in [5.41, 5.74) is 0.809. The molecule has 1 aromatic carbocycles. The minimum Gasteiger partial charge on any atom is -0.413 e. The molecular formula is C14H15Cl2N2O3P. The minimum atomic E-state index is -3.49. The maximum absolute atomic E-state index is 12.7. The lowest BCUT2D eigenvalue weighted by atomic mass is 10.3. The zero-order chi connectivity index (χ0) is 16.0. The van der Waals surface area contributed by atoms with Crippen molar-refractivity contribution in [1.29, 1.82) is 0 Å². The molecule has 2 aromatic rings. The molecule has 0 fully saturated rings. The van der Waals surface area contributed by atoms with Gasteiger partial charge in [0.2, 0.25) is 0 Å². The number of halogens is 2. The number of benzene rings is 1. The fraction of sp³-hybridized carbons (Fsp3) is 0.214. The molecule has 0 saturated heterocycles. The van der Waals surface area contributed by atoms with Gasteiger partial charge in [0.1, 0.15) is 10.9 Å². The molecule has 0 aliphatic rings. The predicted octanol–water partition coefficient (Wildman–Crippen LogP) is 4.70. The summed E-state index contributed by atoms with van der Waals surface area (Å²) >= 11 is 11.5. The second kappa shape index (κ2) is 7.95. The highest BCUT2D eigenvalue weighted by molar-refractivity contribution is 7.52. The second-order valence-electron chi connectivity index (χ2n) is 4.28. The Morgan fingerprint density at radius 3 is 2.50 bits per heavy atom. The first-order valence-corrected chi connectivity index (χ1v) is 8.86. The Morgan fingerprint density at radius 1 is 1.18 bits per heavy atom. The van der Waals surface area contributed by atoms with Crippen LogP contribution in [0.15, 0.2) is 42.6 Å². The molecular weight excluding hydrogens is 346 g/mol. The molecule has 0 bridgehead atoms. The van der Waals surface area contributed by atoms with Gasteiger partial charge in [0.05, 0.1) is 6.61 Å². The average molecular weight is 361 g/mol. The Bertz CT molecular complexity index is 650. The summed E-state index contributed by atoms with van der Waals surface area (Å²) < 4.78 is 23.4. The highest BCUT2D eigenvalue weighted by Gasteiger charge is 2.25. The van der Waals surface area contributed by atoms with E-state index in [2.05, 4.69) is 10.1 Å². The fourth-order valence-electron chi connectivity index (χ4n) is 1.61. The lowest BCUT2D eigenvalue weighted by Crippen LogP contribution is -2.16. The minimum absolute atomic E-state index is 0.247. The van der Waals surface area contributed by atoms with Crippen molar-refractivity contribution in [3.05, 3.63) is 58.3 Å². The topological polar surface area (TPSA) is 60.5 Å². The van der Waals surface area contributed by atoms with Crippen molar-refractivity contribution in [2.75, 3.05) is 6.61 Å². The van der Waals surface area contributed by atoms with E-state index in [9.17, 15) is 4.57 Å². The third-order valence-corrected chi connectivity index (χ3v) is 4.67. The number of hydrogen-bond donors (Lipinski definition) is 1. The van der Waals surface area contributed by atoms with Gasteiger partial charge in [-0.15, -0.1) is 0 Å². The lowest BCUT2D eigenvalue weighted by molar-refractivity contribution is 0.268. The number of rotatable bonds is 7. The molecule has 0 amide bonds. The van der Waals surface area contributed by atoms with Crippen molar-refractivity contribution in [3.63, 3.8) is 0 Å². The van der Waals surface area contributed by atoms with Crippen LogP contribution in [0.2, 0.25) is 10.2 Å². The molecule has 1 unspecified atom stereocenters. The van der Waals surface area contributed by atoms with Crippen LogP contribution < -0.4 is 9.61 Å². The van der Waals surface area contributed by atoms with E-state index in [1.165, 1.54) is 0 Å². The van der Waals surface area contributed by atoms with E-state index in [0.29, 0.717) is 15.9 Å². The van der Waals surface area contributed by atoms with Crippen LogP contribution in [0.1, 0.15) is 12.5 Å². The molecule has 5 nitrogen and oxygen atoms in total. The summed E-state index contributed by atoms with van der Waals surface area (Å²) in [6.45, 7) is 2.26. The van der Waals surface area contributed by atoms with Gasteiger partial charge in [-0.3, -0.25) is 4.52 Å². The van der Waals surface area contributed by atoms with Crippen LogP contribution >= 0.6 is 30.9 Å². The van der Waals surface area contributed by atoms with Gasteiger partial charge in [-0.2, -0.15) is 0 Å². The Kier molecular flexibility index (Phi) is 6.24. The molecule has 0 aliphatic heterocycles. The van der Waals surface area contributed by atoms with Crippen LogP contribution in [0.5, 0.6) is 5.75 Å². The first-order valence-electron chi connectivity index (χ1n) is 6.56. The third kappa shape index (κ3) is 5.27. The Hall–Kier alpha value is -1.10. The van der Waals surface area contributed by atoms with E-state index in [0.717, 1.165) is 5.56 Å². The van der Waals surface area contributed by atoms with E-state index in [-0.39, 0.29) is 13.2 Å². The SMILES string of the molecule is CCOP(=O)(NCc1ccc(Cl)nc1)Oc1ccc(Cl)cc1. The highest BCUT2D eigenvalue weighted by Crippen LogP contribution is 2.44. The quantitative estimate of drug-likeness (QED) is 0.572. The van der Waals surface area contributed by atoms with Gasteiger partial charge in [-0.1, -0.05) is 29.3 Å². The number of nitrogens with one attached hydrogen (secondary N) is 1. The van der Waals surface area contributed by atoms with Crippen molar-refractivity contribution in [3.8, 4) is 5.75 Å². The third-order valence-electron chi connectivity index (χ3n) is 2.60. The summed E-state index contributed by atoms with van der Waals surface area (Å²) in [4.78, 5) is 3.96. The van der Waals surface area contributed by atoms with Crippen molar-refractivity contribution < 1.29 is 13.6 Å². The van der Waals surface area contributed by atoms with E-state index in [4.69, 9.17) is 32.2 Å². The van der Waals surface area contributed by atoms with Crippen molar-refractivity contribution in [1.82, 2.24) is 10.1 Å². The zero-order valence-corrected chi connectivity index (χ0v) is 14.2. The molecule has 118 valence electrons. The summed E-state index contributed by atoms with van der Waals surface area (Å²) in [6.07, 6.45) is 1.59. The second-order valence-corrected chi connectivity index (χ2v) is 6.86. The smallest absolute Gasteiger partial charge is 0.413 e. The number of nitrogens with zero attached hydrogens (tertiary/aromatic N) is 1. The van der Waals surface area contributed by atoms with E-state index >= 15 is 0 Å². The normalized spacial score (nSPS) is 13.6. The Labute approximate surface area is 139 Å². The zero-order valence-electron chi connectivity index (χ0n) is 11.8. The molecule has 0 aliphatic carbocycles. The molecule has 0 saturated carbocycles. The van der Waals surface area contributed by atoms with Crippen molar-refractivity contribution >= 4 is 30.9 Å². The summed E-state index contributed by atoms with van der Waals surface area (Å²) in [7, 11) is -3.49. The van der Waals surface area contributed by atoms with Gasteiger partial charge < -0.3 is 4.52 Å². The number of aromatic nitrogens is 1. The number of pyridine rings is 1. The first kappa shape index (κ1) is 17.3. The van der Waals surface area contributed by atoms with Gasteiger partial charge in [-0.25, -0.2) is 14.6 Å².